The molecule has 1 aliphatic heterocycles. The molecule has 4 heteroatoms. The topological polar surface area (TPSA) is 70.1 Å². The molecule has 1 heterocycles. The van der Waals surface area contributed by atoms with Crippen LogP contribution in [0, 0.1) is 24.2 Å². The summed E-state index contributed by atoms with van der Waals surface area (Å²) >= 11 is 0. The molecule has 29 heavy (non-hydrogen) atoms. The van der Waals surface area contributed by atoms with Crippen LogP contribution in [-0.2, 0) is 4.79 Å². The molecule has 0 unspecified atom stereocenters. The van der Waals surface area contributed by atoms with Crippen LogP contribution in [0.25, 0.3) is 0 Å². The average molecular weight is 388 g/mol. The Morgan fingerprint density at radius 2 is 1.59 bits per heavy atom. The summed E-state index contributed by atoms with van der Waals surface area (Å²) in [5.74, 6) is 0.849. The van der Waals surface area contributed by atoms with E-state index in [1.54, 1.807) is 0 Å². The third kappa shape index (κ3) is 4.21. The van der Waals surface area contributed by atoms with Crippen molar-refractivity contribution in [2.75, 3.05) is 13.1 Å². The molecule has 1 aliphatic carbocycles. The van der Waals surface area contributed by atoms with Gasteiger partial charge in [-0.3, -0.25) is 4.79 Å². The summed E-state index contributed by atoms with van der Waals surface area (Å²) in [7, 11) is 0. The molecular formula is C25H29N3O. The zero-order valence-electron chi connectivity index (χ0n) is 17.1. The van der Waals surface area contributed by atoms with Crippen molar-refractivity contribution < 1.29 is 4.79 Å². The first-order valence-corrected chi connectivity index (χ1v) is 10.7. The third-order valence-electron chi connectivity index (χ3n) is 6.67. The third-order valence-corrected chi connectivity index (χ3v) is 6.67. The van der Waals surface area contributed by atoms with Gasteiger partial charge in [-0.05, 0) is 49.4 Å². The Labute approximate surface area is 173 Å². The van der Waals surface area contributed by atoms with E-state index in [1.807, 2.05) is 12.1 Å². The van der Waals surface area contributed by atoms with Crippen LogP contribution in [-0.4, -0.2) is 29.9 Å². The SMILES string of the molecule is Cc1ccc([C@@H]2CN(C(=O)[C@@H]3CCC[C@@H](N)C3)C[C@H]2c2ccc(C#N)cc2)cc1. The van der Waals surface area contributed by atoms with Gasteiger partial charge < -0.3 is 10.6 Å². The molecule has 4 nitrogen and oxygen atoms in total. The molecule has 4 atom stereocenters. The number of nitrogens with zero attached hydrogens (tertiary/aromatic N) is 2. The number of hydrogen-bond acceptors (Lipinski definition) is 3. The fourth-order valence-corrected chi connectivity index (χ4v) is 4.99. The Bertz CT molecular complexity index is 897. The van der Waals surface area contributed by atoms with Crippen molar-refractivity contribution in [2.24, 2.45) is 11.7 Å². The van der Waals surface area contributed by atoms with Gasteiger partial charge in [0.2, 0.25) is 5.91 Å². The summed E-state index contributed by atoms with van der Waals surface area (Å²) in [5.41, 5.74) is 10.5. The van der Waals surface area contributed by atoms with Crippen molar-refractivity contribution >= 4 is 5.91 Å². The molecule has 2 aromatic rings. The largest absolute Gasteiger partial charge is 0.341 e. The predicted octanol–water partition coefficient (Wildman–Crippen LogP) is 4.09. The average Bonchev–Trinajstić information content (AvgIpc) is 3.19. The fourth-order valence-electron chi connectivity index (χ4n) is 4.99. The van der Waals surface area contributed by atoms with Crippen molar-refractivity contribution in [1.82, 2.24) is 4.90 Å². The summed E-state index contributed by atoms with van der Waals surface area (Å²) in [6.07, 6.45) is 3.85. The van der Waals surface area contributed by atoms with Gasteiger partial charge >= 0.3 is 0 Å². The zero-order valence-corrected chi connectivity index (χ0v) is 17.1. The Balaban J connectivity index is 1.60. The maximum absolute atomic E-state index is 13.3. The second kappa shape index (κ2) is 8.39. The number of amides is 1. The quantitative estimate of drug-likeness (QED) is 0.862. The predicted molar refractivity (Wildman–Crippen MR) is 114 cm³/mol. The number of carbonyl (C=O) groups excluding carboxylic acids is 1. The first kappa shape index (κ1) is 19.7. The molecule has 1 saturated carbocycles. The van der Waals surface area contributed by atoms with Crippen LogP contribution in [0.3, 0.4) is 0 Å². The molecule has 150 valence electrons. The normalized spacial score (nSPS) is 26.9. The van der Waals surface area contributed by atoms with E-state index < -0.39 is 0 Å². The lowest BCUT2D eigenvalue weighted by molar-refractivity contribution is -0.135. The van der Waals surface area contributed by atoms with E-state index in [4.69, 9.17) is 11.0 Å². The van der Waals surface area contributed by atoms with E-state index in [0.29, 0.717) is 5.56 Å². The smallest absolute Gasteiger partial charge is 0.225 e. The van der Waals surface area contributed by atoms with Crippen LogP contribution in [0.4, 0.5) is 0 Å². The first-order chi connectivity index (χ1) is 14.0. The van der Waals surface area contributed by atoms with E-state index in [0.717, 1.165) is 38.8 Å². The molecule has 1 amide bonds. The second-order valence-corrected chi connectivity index (χ2v) is 8.72. The Kier molecular flexibility index (Phi) is 5.69. The van der Waals surface area contributed by atoms with E-state index in [-0.39, 0.29) is 29.7 Å². The Hall–Kier alpha value is -2.64. The number of hydrogen-bond donors (Lipinski definition) is 1. The molecule has 2 aliphatic rings. The lowest BCUT2D eigenvalue weighted by Gasteiger charge is -2.29. The van der Waals surface area contributed by atoms with Crippen LogP contribution in [0.15, 0.2) is 48.5 Å². The standard InChI is InChI=1S/C25H29N3O/c1-17-5-9-19(10-6-17)23-15-28(25(29)21-3-2-4-22(27)13-21)16-24(23)20-11-7-18(14-26)8-12-20/h5-12,21-24H,2-4,13,15-16,27H2,1H3/t21-,22-,23+,24+/m1/s1. The first-order valence-electron chi connectivity index (χ1n) is 10.7. The molecule has 0 bridgehead atoms. The summed E-state index contributed by atoms with van der Waals surface area (Å²) in [4.78, 5) is 15.3. The highest BCUT2D eigenvalue weighted by Gasteiger charge is 2.39. The van der Waals surface area contributed by atoms with Gasteiger partial charge in [0.25, 0.3) is 0 Å². The van der Waals surface area contributed by atoms with Crippen molar-refractivity contribution in [3.8, 4) is 6.07 Å². The minimum absolute atomic E-state index is 0.0668. The molecular weight excluding hydrogens is 358 g/mol. The number of likely N-dealkylation sites (tertiary alicyclic amines) is 1. The molecule has 2 N–H and O–H groups in total. The zero-order chi connectivity index (χ0) is 20.4. The highest BCUT2D eigenvalue weighted by atomic mass is 16.2. The van der Waals surface area contributed by atoms with Gasteiger partial charge in [0.15, 0.2) is 0 Å². The maximum atomic E-state index is 13.3. The Morgan fingerprint density at radius 1 is 1.00 bits per heavy atom. The second-order valence-electron chi connectivity index (χ2n) is 8.72. The lowest BCUT2D eigenvalue weighted by Crippen LogP contribution is -2.39. The van der Waals surface area contributed by atoms with E-state index in [1.165, 1.54) is 16.7 Å². The monoisotopic (exact) mass is 387 g/mol. The lowest BCUT2D eigenvalue weighted by atomic mass is 9.84. The number of benzene rings is 2. The van der Waals surface area contributed by atoms with Crippen molar-refractivity contribution in [3.63, 3.8) is 0 Å². The minimum Gasteiger partial charge on any atom is -0.341 e. The minimum atomic E-state index is 0.0668. The molecule has 4 rings (SSSR count). The number of nitriles is 1. The number of nitrogens with two attached hydrogens (primary N) is 1. The van der Waals surface area contributed by atoms with Crippen molar-refractivity contribution in [3.05, 3.63) is 70.8 Å². The summed E-state index contributed by atoms with van der Waals surface area (Å²) in [6.45, 7) is 3.58. The fraction of sp³-hybridized carbons (Fsp3) is 0.440. The van der Waals surface area contributed by atoms with Crippen LogP contribution in [0.5, 0.6) is 0 Å². The van der Waals surface area contributed by atoms with E-state index in [9.17, 15) is 4.79 Å². The number of rotatable bonds is 3. The van der Waals surface area contributed by atoms with Gasteiger partial charge in [0.05, 0.1) is 11.6 Å². The molecule has 1 saturated heterocycles. The van der Waals surface area contributed by atoms with Gasteiger partial charge in [0, 0.05) is 36.9 Å². The molecule has 0 radical (unpaired) electrons. The Morgan fingerprint density at radius 3 is 2.14 bits per heavy atom. The highest BCUT2D eigenvalue weighted by Crippen LogP contribution is 2.41. The summed E-state index contributed by atoms with van der Waals surface area (Å²) in [5, 5.41) is 9.12. The van der Waals surface area contributed by atoms with Crippen LogP contribution >= 0.6 is 0 Å². The highest BCUT2D eigenvalue weighted by molar-refractivity contribution is 5.79. The van der Waals surface area contributed by atoms with Crippen LogP contribution < -0.4 is 5.73 Å². The molecule has 2 aromatic carbocycles. The maximum Gasteiger partial charge on any atom is 0.225 e. The molecule has 0 aromatic heterocycles. The van der Waals surface area contributed by atoms with Gasteiger partial charge in [-0.2, -0.15) is 5.26 Å². The summed E-state index contributed by atoms with van der Waals surface area (Å²) < 4.78 is 0. The van der Waals surface area contributed by atoms with Gasteiger partial charge in [-0.25, -0.2) is 0 Å². The van der Waals surface area contributed by atoms with Crippen LogP contribution in [0.2, 0.25) is 0 Å². The van der Waals surface area contributed by atoms with Gasteiger partial charge in [-0.1, -0.05) is 48.4 Å². The number of carbonyl (C=O) groups is 1. The molecule has 2 fully saturated rings. The van der Waals surface area contributed by atoms with E-state index in [2.05, 4.69) is 54.3 Å². The summed E-state index contributed by atoms with van der Waals surface area (Å²) in [6, 6.07) is 18.9. The van der Waals surface area contributed by atoms with Gasteiger partial charge in [0.1, 0.15) is 0 Å². The molecule has 0 spiro atoms. The van der Waals surface area contributed by atoms with Gasteiger partial charge in [-0.15, -0.1) is 0 Å². The number of aryl methyl sites for hydroxylation is 1. The van der Waals surface area contributed by atoms with E-state index >= 15 is 0 Å². The van der Waals surface area contributed by atoms with Crippen molar-refractivity contribution in [2.45, 2.75) is 50.5 Å². The van der Waals surface area contributed by atoms with Crippen molar-refractivity contribution in [1.29, 1.82) is 5.26 Å². The van der Waals surface area contributed by atoms with Crippen LogP contribution in [0.1, 0.15) is 59.8 Å².